The fourth-order valence-corrected chi connectivity index (χ4v) is 1.31. The molecular weight excluding hydrogens is 332 g/mol. The predicted molar refractivity (Wildman–Crippen MR) is 71.9 cm³/mol. The molecule has 0 N–H and O–H groups in total. The van der Waals surface area contributed by atoms with Crippen LogP contribution in [0.25, 0.3) is 0 Å². The zero-order valence-corrected chi connectivity index (χ0v) is 12.1. The van der Waals surface area contributed by atoms with Crippen LogP contribution >= 0.6 is 15.9 Å². The molecule has 0 heterocycles. The fourth-order valence-electron chi connectivity index (χ4n) is 1.05. The first-order valence-corrected chi connectivity index (χ1v) is 6.19. The van der Waals surface area contributed by atoms with Gasteiger partial charge < -0.3 is 14.2 Å². The van der Waals surface area contributed by atoms with Crippen molar-refractivity contribution in [1.82, 2.24) is 0 Å². The van der Waals surface area contributed by atoms with Gasteiger partial charge in [-0.2, -0.15) is 0 Å². The van der Waals surface area contributed by atoms with Crippen LogP contribution in [-0.2, 0) is 23.9 Å². The monoisotopic (exact) mass is 342 g/mol. The van der Waals surface area contributed by atoms with E-state index in [1.807, 2.05) is 0 Å². The second-order valence-electron chi connectivity index (χ2n) is 3.39. The molecule has 20 heavy (non-hydrogen) atoms. The Balaban J connectivity index is 2.36. The molecule has 6 nitrogen and oxygen atoms in total. The van der Waals surface area contributed by atoms with Crippen LogP contribution in [0.4, 0.5) is 0 Å². The van der Waals surface area contributed by atoms with E-state index in [1.165, 1.54) is 7.11 Å². The van der Waals surface area contributed by atoms with Crippen molar-refractivity contribution in [2.24, 2.45) is 0 Å². The number of hydrogen-bond acceptors (Lipinski definition) is 6. The van der Waals surface area contributed by atoms with Gasteiger partial charge in [0, 0.05) is 16.6 Å². The Labute approximate surface area is 123 Å². The van der Waals surface area contributed by atoms with Crippen molar-refractivity contribution < 1.29 is 28.6 Å². The van der Waals surface area contributed by atoms with E-state index in [2.05, 4.69) is 25.4 Å². The summed E-state index contributed by atoms with van der Waals surface area (Å²) in [5.41, 5.74) is 0. The van der Waals surface area contributed by atoms with Crippen LogP contribution in [0, 0.1) is 0 Å². The lowest BCUT2D eigenvalue weighted by atomic mass is 10.3. The highest BCUT2D eigenvalue weighted by Gasteiger charge is 2.08. The van der Waals surface area contributed by atoms with Gasteiger partial charge in [0.15, 0.2) is 6.61 Å². The Kier molecular flexibility index (Phi) is 6.45. The van der Waals surface area contributed by atoms with Crippen LogP contribution in [-0.4, -0.2) is 31.6 Å². The second kappa shape index (κ2) is 8.11. The van der Waals surface area contributed by atoms with Crippen molar-refractivity contribution in [1.29, 1.82) is 0 Å². The maximum atomic E-state index is 11.4. The van der Waals surface area contributed by atoms with E-state index in [1.54, 1.807) is 24.3 Å². The quantitative estimate of drug-likeness (QED) is 0.459. The molecule has 0 aliphatic carbocycles. The number of hydrogen-bond donors (Lipinski definition) is 0. The SMILES string of the molecule is COC(=O)/C=C/C(=O)OCC(=O)Oc1ccc(Br)cc1. The molecule has 0 fully saturated rings. The third-order valence-corrected chi connectivity index (χ3v) is 2.46. The zero-order valence-electron chi connectivity index (χ0n) is 10.5. The zero-order chi connectivity index (χ0) is 15.0. The van der Waals surface area contributed by atoms with Crippen molar-refractivity contribution in [2.75, 3.05) is 13.7 Å². The summed E-state index contributed by atoms with van der Waals surface area (Å²) in [7, 11) is 1.17. The molecule has 0 aliphatic heterocycles. The van der Waals surface area contributed by atoms with Gasteiger partial charge in [0.05, 0.1) is 7.11 Å². The summed E-state index contributed by atoms with van der Waals surface area (Å²) < 4.78 is 14.6. The van der Waals surface area contributed by atoms with E-state index in [-0.39, 0.29) is 0 Å². The number of ether oxygens (including phenoxy) is 3. The van der Waals surface area contributed by atoms with Crippen LogP contribution in [0.1, 0.15) is 0 Å². The molecule has 0 saturated carbocycles. The smallest absolute Gasteiger partial charge is 0.349 e. The molecule has 0 amide bonds. The van der Waals surface area contributed by atoms with Gasteiger partial charge in [-0.15, -0.1) is 0 Å². The Morgan fingerprint density at radius 3 is 2.30 bits per heavy atom. The third-order valence-electron chi connectivity index (χ3n) is 1.93. The molecule has 0 aliphatic rings. The number of esters is 3. The van der Waals surface area contributed by atoms with Crippen LogP contribution in [0.2, 0.25) is 0 Å². The average Bonchev–Trinajstić information content (AvgIpc) is 2.45. The average molecular weight is 343 g/mol. The molecule has 0 aromatic heterocycles. The number of carbonyl (C=O) groups is 3. The maximum Gasteiger partial charge on any atom is 0.349 e. The first-order valence-electron chi connectivity index (χ1n) is 5.40. The normalized spacial score (nSPS) is 10.1. The Bertz CT molecular complexity index is 520. The van der Waals surface area contributed by atoms with Gasteiger partial charge in [-0.25, -0.2) is 14.4 Å². The first kappa shape index (κ1) is 15.9. The summed E-state index contributed by atoms with van der Waals surface area (Å²) >= 11 is 3.24. The molecule has 0 saturated heterocycles. The van der Waals surface area contributed by atoms with Crippen LogP contribution in [0.15, 0.2) is 40.9 Å². The van der Waals surface area contributed by atoms with E-state index in [9.17, 15) is 14.4 Å². The summed E-state index contributed by atoms with van der Waals surface area (Å²) in [6, 6.07) is 6.57. The minimum Gasteiger partial charge on any atom is -0.466 e. The number of methoxy groups -OCH3 is 1. The van der Waals surface area contributed by atoms with Crippen molar-refractivity contribution >= 4 is 33.8 Å². The van der Waals surface area contributed by atoms with Gasteiger partial charge in [0.1, 0.15) is 5.75 Å². The summed E-state index contributed by atoms with van der Waals surface area (Å²) in [5, 5.41) is 0. The third kappa shape index (κ3) is 6.14. The van der Waals surface area contributed by atoms with Crippen molar-refractivity contribution in [2.45, 2.75) is 0 Å². The van der Waals surface area contributed by atoms with Crippen LogP contribution < -0.4 is 4.74 Å². The highest BCUT2D eigenvalue weighted by Crippen LogP contribution is 2.16. The number of halogens is 1. The molecule has 0 radical (unpaired) electrons. The lowest BCUT2D eigenvalue weighted by Crippen LogP contribution is -2.18. The lowest BCUT2D eigenvalue weighted by molar-refractivity contribution is -0.150. The van der Waals surface area contributed by atoms with E-state index >= 15 is 0 Å². The number of rotatable bonds is 5. The van der Waals surface area contributed by atoms with Crippen molar-refractivity contribution in [3.8, 4) is 5.75 Å². The summed E-state index contributed by atoms with van der Waals surface area (Å²) in [5.74, 6) is -1.94. The fraction of sp³-hybridized carbons (Fsp3) is 0.154. The molecule has 1 rings (SSSR count). The molecule has 0 spiro atoms. The summed E-state index contributed by atoms with van der Waals surface area (Å²) in [6.45, 7) is -0.555. The topological polar surface area (TPSA) is 78.9 Å². The van der Waals surface area contributed by atoms with Gasteiger partial charge in [0.25, 0.3) is 0 Å². The number of benzene rings is 1. The van der Waals surface area contributed by atoms with E-state index in [0.29, 0.717) is 5.75 Å². The Morgan fingerprint density at radius 2 is 1.70 bits per heavy atom. The minimum absolute atomic E-state index is 0.333. The molecule has 1 aromatic carbocycles. The molecule has 0 bridgehead atoms. The maximum absolute atomic E-state index is 11.4. The minimum atomic E-state index is -0.844. The van der Waals surface area contributed by atoms with Gasteiger partial charge in [0.2, 0.25) is 0 Å². The Morgan fingerprint density at radius 1 is 1.10 bits per heavy atom. The van der Waals surface area contributed by atoms with Crippen molar-refractivity contribution in [3.63, 3.8) is 0 Å². The standard InChI is InChI=1S/C13H11BrO6/c1-18-11(15)6-7-12(16)19-8-13(17)20-10-4-2-9(14)3-5-10/h2-7H,8H2,1H3/b7-6+. The molecule has 106 valence electrons. The van der Waals surface area contributed by atoms with Crippen LogP contribution in [0.3, 0.4) is 0 Å². The molecular formula is C13H11BrO6. The highest BCUT2D eigenvalue weighted by atomic mass is 79.9. The predicted octanol–water partition coefficient (Wildman–Crippen LogP) is 1.63. The molecule has 0 atom stereocenters. The van der Waals surface area contributed by atoms with E-state index in [4.69, 9.17) is 4.74 Å². The first-order chi connectivity index (χ1) is 9.51. The van der Waals surface area contributed by atoms with Gasteiger partial charge in [-0.1, -0.05) is 15.9 Å². The second-order valence-corrected chi connectivity index (χ2v) is 4.31. The van der Waals surface area contributed by atoms with Gasteiger partial charge >= 0.3 is 17.9 Å². The van der Waals surface area contributed by atoms with E-state index in [0.717, 1.165) is 16.6 Å². The number of carbonyl (C=O) groups excluding carboxylic acids is 3. The Hall–Kier alpha value is -2.15. The lowest BCUT2D eigenvalue weighted by Gasteiger charge is -2.04. The highest BCUT2D eigenvalue weighted by molar-refractivity contribution is 9.10. The van der Waals surface area contributed by atoms with Gasteiger partial charge in [-0.3, -0.25) is 0 Å². The largest absolute Gasteiger partial charge is 0.466 e. The molecule has 0 unspecified atom stereocenters. The molecule has 7 heteroatoms. The van der Waals surface area contributed by atoms with E-state index < -0.39 is 24.5 Å². The van der Waals surface area contributed by atoms with Crippen molar-refractivity contribution in [3.05, 3.63) is 40.9 Å². The van der Waals surface area contributed by atoms with Gasteiger partial charge in [-0.05, 0) is 24.3 Å². The summed E-state index contributed by atoms with van der Waals surface area (Å²) in [6.07, 6.45) is 1.75. The van der Waals surface area contributed by atoms with Crippen LogP contribution in [0.5, 0.6) is 5.75 Å². The summed E-state index contributed by atoms with van der Waals surface area (Å²) in [4.78, 5) is 33.2. The molecule has 1 aromatic rings.